The third-order valence-corrected chi connectivity index (χ3v) is 4.16. The van der Waals surface area contributed by atoms with Gasteiger partial charge in [0.1, 0.15) is 10.7 Å². The summed E-state index contributed by atoms with van der Waals surface area (Å²) >= 11 is 7.59. The molecular formula is C12H8ClN3OS. The van der Waals surface area contributed by atoms with Gasteiger partial charge in [0, 0.05) is 16.2 Å². The van der Waals surface area contributed by atoms with Gasteiger partial charge in [-0.15, -0.1) is 11.3 Å². The number of hydrogen-bond donors (Lipinski definition) is 2. The van der Waals surface area contributed by atoms with Gasteiger partial charge in [-0.25, -0.2) is 0 Å². The minimum atomic E-state index is -0.231. The van der Waals surface area contributed by atoms with E-state index in [4.69, 9.17) is 11.6 Å². The fourth-order valence-electron chi connectivity index (χ4n) is 1.66. The van der Waals surface area contributed by atoms with Crippen molar-refractivity contribution in [1.82, 2.24) is 10.2 Å². The number of carbonyl (C=O) groups excluding carboxylic acids is 1. The van der Waals surface area contributed by atoms with E-state index < -0.39 is 0 Å². The van der Waals surface area contributed by atoms with Gasteiger partial charge in [-0.05, 0) is 6.07 Å². The van der Waals surface area contributed by atoms with Crippen molar-refractivity contribution in [2.75, 3.05) is 5.32 Å². The average molecular weight is 278 g/mol. The number of aromatic amines is 1. The first-order valence-corrected chi connectivity index (χ1v) is 6.43. The SMILES string of the molecule is O=C(Nc1ccn[nH]1)c1sc2ccccc2c1Cl. The Kier molecular flexibility index (Phi) is 2.77. The first kappa shape index (κ1) is 11.3. The highest BCUT2D eigenvalue weighted by Crippen LogP contribution is 2.35. The van der Waals surface area contributed by atoms with Gasteiger partial charge in [-0.2, -0.15) is 5.10 Å². The minimum Gasteiger partial charge on any atom is -0.306 e. The number of hydrogen-bond acceptors (Lipinski definition) is 3. The smallest absolute Gasteiger partial charge is 0.268 e. The Morgan fingerprint density at radius 3 is 2.89 bits per heavy atom. The molecule has 0 radical (unpaired) electrons. The number of H-pyrrole nitrogens is 1. The number of carbonyl (C=O) groups is 1. The number of nitrogens with one attached hydrogen (secondary N) is 2. The minimum absolute atomic E-state index is 0.231. The zero-order chi connectivity index (χ0) is 12.5. The molecule has 2 aromatic heterocycles. The maximum atomic E-state index is 12.1. The molecule has 0 atom stereocenters. The van der Waals surface area contributed by atoms with Crippen molar-refractivity contribution in [1.29, 1.82) is 0 Å². The number of halogens is 1. The zero-order valence-corrected chi connectivity index (χ0v) is 10.7. The van der Waals surface area contributed by atoms with Crippen molar-refractivity contribution in [3.63, 3.8) is 0 Å². The molecule has 6 heteroatoms. The Morgan fingerprint density at radius 1 is 1.33 bits per heavy atom. The summed E-state index contributed by atoms with van der Waals surface area (Å²) in [6.07, 6.45) is 1.57. The number of rotatable bonds is 2. The Bertz CT molecular complexity index is 705. The predicted octanol–water partition coefficient (Wildman–Crippen LogP) is 3.53. The molecule has 0 aliphatic carbocycles. The summed E-state index contributed by atoms with van der Waals surface area (Å²) in [7, 11) is 0. The Balaban J connectivity index is 1.99. The summed E-state index contributed by atoms with van der Waals surface area (Å²) in [5, 5.41) is 10.5. The monoisotopic (exact) mass is 277 g/mol. The van der Waals surface area contributed by atoms with Gasteiger partial charge in [-0.1, -0.05) is 29.8 Å². The van der Waals surface area contributed by atoms with Crippen LogP contribution in [0.1, 0.15) is 9.67 Å². The van der Waals surface area contributed by atoms with Gasteiger partial charge in [-0.3, -0.25) is 9.89 Å². The molecule has 18 heavy (non-hydrogen) atoms. The first-order chi connectivity index (χ1) is 8.75. The molecule has 1 aromatic carbocycles. The maximum Gasteiger partial charge on any atom is 0.268 e. The number of benzene rings is 1. The van der Waals surface area contributed by atoms with Crippen LogP contribution in [-0.2, 0) is 0 Å². The van der Waals surface area contributed by atoms with Crippen LogP contribution >= 0.6 is 22.9 Å². The molecule has 3 aromatic rings. The Hall–Kier alpha value is -1.85. The van der Waals surface area contributed by atoms with Crippen LogP contribution in [0.2, 0.25) is 5.02 Å². The Morgan fingerprint density at radius 2 is 2.17 bits per heavy atom. The summed E-state index contributed by atoms with van der Waals surface area (Å²) in [5.74, 6) is 0.318. The maximum absolute atomic E-state index is 12.1. The van der Waals surface area contributed by atoms with Crippen LogP contribution in [-0.4, -0.2) is 16.1 Å². The zero-order valence-electron chi connectivity index (χ0n) is 9.11. The van der Waals surface area contributed by atoms with E-state index in [9.17, 15) is 4.79 Å². The lowest BCUT2D eigenvalue weighted by Crippen LogP contribution is -2.10. The number of aromatic nitrogens is 2. The third kappa shape index (κ3) is 1.87. The molecule has 90 valence electrons. The van der Waals surface area contributed by atoms with Gasteiger partial charge in [0.05, 0.1) is 11.2 Å². The van der Waals surface area contributed by atoms with Crippen molar-refractivity contribution >= 4 is 44.7 Å². The molecule has 0 unspecified atom stereocenters. The van der Waals surface area contributed by atoms with Gasteiger partial charge in [0.15, 0.2) is 0 Å². The molecule has 4 nitrogen and oxygen atoms in total. The van der Waals surface area contributed by atoms with Crippen molar-refractivity contribution in [2.24, 2.45) is 0 Å². The van der Waals surface area contributed by atoms with Gasteiger partial charge >= 0.3 is 0 Å². The van der Waals surface area contributed by atoms with Crippen molar-refractivity contribution < 1.29 is 4.79 Å². The van der Waals surface area contributed by atoms with Crippen LogP contribution in [0.4, 0.5) is 5.82 Å². The summed E-state index contributed by atoms with van der Waals surface area (Å²) in [4.78, 5) is 12.6. The van der Waals surface area contributed by atoms with E-state index in [1.54, 1.807) is 12.3 Å². The highest BCUT2D eigenvalue weighted by atomic mass is 35.5. The summed E-state index contributed by atoms with van der Waals surface area (Å²) in [5.41, 5.74) is 0. The summed E-state index contributed by atoms with van der Waals surface area (Å²) in [6.45, 7) is 0. The van der Waals surface area contributed by atoms with E-state index in [1.165, 1.54) is 11.3 Å². The second-order valence-corrected chi connectivity index (χ2v) is 5.10. The number of thiophene rings is 1. The van der Waals surface area contributed by atoms with Crippen LogP contribution in [0.5, 0.6) is 0 Å². The molecule has 2 heterocycles. The van der Waals surface area contributed by atoms with E-state index in [2.05, 4.69) is 15.5 Å². The molecule has 2 N–H and O–H groups in total. The lowest BCUT2D eigenvalue weighted by Gasteiger charge is -1.99. The fourth-order valence-corrected chi connectivity index (χ4v) is 3.08. The summed E-state index contributed by atoms with van der Waals surface area (Å²) < 4.78 is 0.997. The van der Waals surface area contributed by atoms with Crippen molar-refractivity contribution in [2.45, 2.75) is 0 Å². The third-order valence-electron chi connectivity index (χ3n) is 2.49. The molecule has 0 saturated heterocycles. The van der Waals surface area contributed by atoms with Crippen LogP contribution < -0.4 is 5.32 Å². The van der Waals surface area contributed by atoms with E-state index in [0.29, 0.717) is 15.7 Å². The molecule has 0 aliphatic heterocycles. The topological polar surface area (TPSA) is 57.8 Å². The molecular weight excluding hydrogens is 270 g/mol. The van der Waals surface area contributed by atoms with Crippen molar-refractivity contribution in [3.8, 4) is 0 Å². The molecule has 3 rings (SSSR count). The second-order valence-electron chi connectivity index (χ2n) is 3.67. The largest absolute Gasteiger partial charge is 0.306 e. The van der Waals surface area contributed by atoms with E-state index in [-0.39, 0.29) is 5.91 Å². The number of amides is 1. The lowest BCUT2D eigenvalue weighted by atomic mass is 10.2. The Labute approximate surface area is 112 Å². The van der Waals surface area contributed by atoms with Crippen LogP contribution in [0.3, 0.4) is 0 Å². The van der Waals surface area contributed by atoms with E-state index >= 15 is 0 Å². The second kappa shape index (κ2) is 4.44. The van der Waals surface area contributed by atoms with Crippen LogP contribution in [0, 0.1) is 0 Å². The van der Waals surface area contributed by atoms with Gasteiger partial charge in [0.25, 0.3) is 5.91 Å². The van der Waals surface area contributed by atoms with Gasteiger partial charge in [0.2, 0.25) is 0 Å². The van der Waals surface area contributed by atoms with Crippen LogP contribution in [0.25, 0.3) is 10.1 Å². The molecule has 0 aliphatic rings. The molecule has 0 spiro atoms. The fraction of sp³-hybridized carbons (Fsp3) is 0. The number of anilines is 1. The molecule has 1 amide bonds. The standard InChI is InChI=1S/C12H8ClN3OS/c13-10-7-3-1-2-4-8(7)18-11(10)12(17)15-9-5-6-14-16-9/h1-6H,(H2,14,15,16,17). The predicted molar refractivity (Wildman–Crippen MR) is 73.4 cm³/mol. The quantitative estimate of drug-likeness (QED) is 0.753. The van der Waals surface area contributed by atoms with Crippen molar-refractivity contribution in [3.05, 3.63) is 46.4 Å². The lowest BCUT2D eigenvalue weighted by molar-refractivity contribution is 0.103. The average Bonchev–Trinajstić information content (AvgIpc) is 2.98. The van der Waals surface area contributed by atoms with E-state index in [1.807, 2.05) is 24.3 Å². The summed E-state index contributed by atoms with van der Waals surface area (Å²) in [6, 6.07) is 9.35. The molecule has 0 saturated carbocycles. The highest BCUT2D eigenvalue weighted by Gasteiger charge is 2.17. The van der Waals surface area contributed by atoms with Crippen LogP contribution in [0.15, 0.2) is 36.5 Å². The van der Waals surface area contributed by atoms with E-state index in [0.717, 1.165) is 10.1 Å². The normalized spacial score (nSPS) is 10.7. The number of fused-ring (bicyclic) bond motifs is 1. The highest BCUT2D eigenvalue weighted by molar-refractivity contribution is 7.21. The number of nitrogens with zero attached hydrogens (tertiary/aromatic N) is 1. The molecule has 0 bridgehead atoms. The first-order valence-electron chi connectivity index (χ1n) is 5.23. The van der Waals surface area contributed by atoms with Gasteiger partial charge < -0.3 is 5.32 Å². The molecule has 0 fully saturated rings.